The number of hydrogen-bond acceptors (Lipinski definition) is 6. The highest BCUT2D eigenvalue weighted by Gasteiger charge is 2.12. The van der Waals surface area contributed by atoms with Crippen LogP contribution in [-0.4, -0.2) is 42.9 Å². The van der Waals surface area contributed by atoms with Crippen molar-refractivity contribution in [1.82, 2.24) is 15.5 Å². The summed E-state index contributed by atoms with van der Waals surface area (Å²) < 4.78 is 16.7. The number of aromatic nitrogens is 2. The molecule has 0 radical (unpaired) electrons. The number of fused-ring (bicyclic) bond motifs is 1. The van der Waals surface area contributed by atoms with Gasteiger partial charge in [-0.05, 0) is 36.4 Å². The Bertz CT molecular complexity index is 1030. The van der Waals surface area contributed by atoms with Crippen molar-refractivity contribution >= 4 is 47.2 Å². The minimum Gasteiger partial charge on any atom is -0.490 e. The average Bonchev–Trinajstić information content (AvgIpc) is 3.10. The van der Waals surface area contributed by atoms with Gasteiger partial charge in [-0.15, -0.1) is 24.0 Å². The Morgan fingerprint density at radius 3 is 2.65 bits per heavy atom. The molecule has 0 aliphatic carbocycles. The van der Waals surface area contributed by atoms with Crippen LogP contribution >= 0.6 is 35.6 Å². The van der Waals surface area contributed by atoms with E-state index >= 15 is 0 Å². The van der Waals surface area contributed by atoms with E-state index in [2.05, 4.69) is 25.8 Å². The number of guanidine groups is 1. The standard InChI is InChI=1S/C21H22ClN5O3.HI/c1-23-21(25-16-7-8-17-18(13-16)29-12-2-11-28-17)24-10-9-19-26-20(27-30-19)14-3-5-15(22)6-4-14;/h3-8,13H,2,9-12H2,1H3,(H2,23,24,25);1H. The van der Waals surface area contributed by atoms with E-state index in [1.807, 2.05) is 30.3 Å². The van der Waals surface area contributed by atoms with Gasteiger partial charge in [0.25, 0.3) is 0 Å². The molecule has 0 fully saturated rings. The molecule has 1 aliphatic heterocycles. The first kappa shape index (κ1) is 23.1. The smallest absolute Gasteiger partial charge is 0.228 e. The molecule has 4 rings (SSSR count). The Kier molecular flexibility index (Phi) is 8.35. The van der Waals surface area contributed by atoms with Gasteiger partial charge in [-0.2, -0.15) is 4.98 Å². The highest BCUT2D eigenvalue weighted by atomic mass is 127. The van der Waals surface area contributed by atoms with Gasteiger partial charge in [-0.3, -0.25) is 4.99 Å². The number of rotatable bonds is 5. The maximum absolute atomic E-state index is 5.91. The molecule has 164 valence electrons. The van der Waals surface area contributed by atoms with Gasteiger partial charge >= 0.3 is 0 Å². The number of nitrogens with zero attached hydrogens (tertiary/aromatic N) is 3. The molecule has 0 amide bonds. The van der Waals surface area contributed by atoms with Crippen LogP contribution in [0.4, 0.5) is 5.69 Å². The molecule has 2 N–H and O–H groups in total. The fourth-order valence-corrected chi connectivity index (χ4v) is 3.04. The molecule has 0 saturated carbocycles. The zero-order valence-corrected chi connectivity index (χ0v) is 20.0. The van der Waals surface area contributed by atoms with E-state index in [0.717, 1.165) is 29.2 Å². The predicted molar refractivity (Wildman–Crippen MR) is 131 cm³/mol. The van der Waals surface area contributed by atoms with Crippen molar-refractivity contribution in [2.75, 3.05) is 32.1 Å². The molecule has 0 spiro atoms. The molecule has 1 aromatic heterocycles. The van der Waals surface area contributed by atoms with Gasteiger partial charge < -0.3 is 24.6 Å². The molecule has 2 heterocycles. The van der Waals surface area contributed by atoms with Crippen LogP contribution < -0.4 is 20.1 Å². The van der Waals surface area contributed by atoms with Crippen molar-refractivity contribution in [3.8, 4) is 22.9 Å². The van der Waals surface area contributed by atoms with E-state index < -0.39 is 0 Å². The van der Waals surface area contributed by atoms with E-state index in [1.165, 1.54) is 0 Å². The Balaban J connectivity index is 0.00000272. The number of benzene rings is 2. The first-order valence-corrected chi connectivity index (χ1v) is 10.0. The molecule has 3 aromatic rings. The van der Waals surface area contributed by atoms with Crippen molar-refractivity contribution in [2.45, 2.75) is 12.8 Å². The number of ether oxygens (including phenoxy) is 2. The van der Waals surface area contributed by atoms with Gasteiger partial charge in [-0.25, -0.2) is 0 Å². The Hall–Kier alpha value is -2.53. The molecule has 31 heavy (non-hydrogen) atoms. The molecule has 0 unspecified atom stereocenters. The topological polar surface area (TPSA) is 93.8 Å². The molecule has 0 atom stereocenters. The summed E-state index contributed by atoms with van der Waals surface area (Å²) >= 11 is 5.91. The van der Waals surface area contributed by atoms with E-state index in [9.17, 15) is 0 Å². The summed E-state index contributed by atoms with van der Waals surface area (Å²) in [6.45, 7) is 1.89. The first-order chi connectivity index (χ1) is 14.7. The lowest BCUT2D eigenvalue weighted by atomic mass is 10.2. The van der Waals surface area contributed by atoms with Crippen LogP contribution in [0, 0.1) is 0 Å². The Morgan fingerprint density at radius 2 is 1.87 bits per heavy atom. The minimum absolute atomic E-state index is 0. The van der Waals surface area contributed by atoms with Crippen molar-refractivity contribution in [3.05, 3.63) is 53.4 Å². The quantitative estimate of drug-likeness (QED) is 0.274. The highest BCUT2D eigenvalue weighted by molar-refractivity contribution is 14.0. The number of hydrogen-bond donors (Lipinski definition) is 2. The highest BCUT2D eigenvalue weighted by Crippen LogP contribution is 2.32. The maximum atomic E-state index is 5.91. The van der Waals surface area contributed by atoms with Crippen LogP contribution in [0.2, 0.25) is 5.02 Å². The van der Waals surface area contributed by atoms with Crippen molar-refractivity contribution in [1.29, 1.82) is 0 Å². The Labute approximate surface area is 202 Å². The number of halogens is 2. The largest absolute Gasteiger partial charge is 0.490 e. The molecule has 0 saturated heterocycles. The van der Waals surface area contributed by atoms with E-state index in [4.69, 9.17) is 25.6 Å². The second-order valence-corrected chi connectivity index (χ2v) is 7.04. The van der Waals surface area contributed by atoms with Gasteiger partial charge in [0.05, 0.1) is 13.2 Å². The lowest BCUT2D eigenvalue weighted by molar-refractivity contribution is 0.297. The van der Waals surface area contributed by atoms with E-state index in [1.54, 1.807) is 19.2 Å². The fourth-order valence-electron chi connectivity index (χ4n) is 2.92. The first-order valence-electron chi connectivity index (χ1n) is 9.67. The molecule has 8 nitrogen and oxygen atoms in total. The summed E-state index contributed by atoms with van der Waals surface area (Å²) in [4.78, 5) is 8.67. The fraction of sp³-hybridized carbons (Fsp3) is 0.286. The van der Waals surface area contributed by atoms with Crippen LogP contribution in [0.5, 0.6) is 11.5 Å². The van der Waals surface area contributed by atoms with Crippen LogP contribution in [0.15, 0.2) is 52.0 Å². The molecule has 10 heteroatoms. The summed E-state index contributed by atoms with van der Waals surface area (Å²) in [5, 5.41) is 11.2. The second-order valence-electron chi connectivity index (χ2n) is 6.60. The van der Waals surface area contributed by atoms with Crippen LogP contribution in [0.3, 0.4) is 0 Å². The second kappa shape index (κ2) is 11.2. The van der Waals surface area contributed by atoms with Crippen molar-refractivity contribution in [2.24, 2.45) is 4.99 Å². The van der Waals surface area contributed by atoms with E-state index in [-0.39, 0.29) is 24.0 Å². The molecule has 1 aliphatic rings. The van der Waals surface area contributed by atoms with Gasteiger partial charge in [-0.1, -0.05) is 16.8 Å². The van der Waals surface area contributed by atoms with Gasteiger partial charge in [0.1, 0.15) is 0 Å². The molecular weight excluding hydrogens is 533 g/mol. The summed E-state index contributed by atoms with van der Waals surface area (Å²) in [6.07, 6.45) is 1.43. The minimum atomic E-state index is 0. The normalized spacial score (nSPS) is 13.2. The number of anilines is 1. The zero-order chi connectivity index (χ0) is 20.8. The Morgan fingerprint density at radius 1 is 1.10 bits per heavy atom. The lowest BCUT2D eigenvalue weighted by Crippen LogP contribution is -2.32. The summed E-state index contributed by atoms with van der Waals surface area (Å²) in [7, 11) is 1.71. The SMILES string of the molecule is CN=C(NCCc1nc(-c2ccc(Cl)cc2)no1)Nc1ccc2c(c1)OCCCO2.I. The van der Waals surface area contributed by atoms with Crippen LogP contribution in [0.25, 0.3) is 11.4 Å². The maximum Gasteiger partial charge on any atom is 0.228 e. The summed E-state index contributed by atoms with van der Waals surface area (Å²) in [6, 6.07) is 13.0. The predicted octanol–water partition coefficient (Wildman–Crippen LogP) is 4.40. The van der Waals surface area contributed by atoms with Gasteiger partial charge in [0, 0.05) is 48.8 Å². The molecule has 0 bridgehead atoms. The van der Waals surface area contributed by atoms with Crippen molar-refractivity contribution in [3.63, 3.8) is 0 Å². The van der Waals surface area contributed by atoms with E-state index in [0.29, 0.717) is 48.9 Å². The van der Waals surface area contributed by atoms with Gasteiger partial charge in [0.15, 0.2) is 17.5 Å². The molecular formula is C21H23ClIN5O3. The number of aliphatic imine (C=N–C) groups is 1. The van der Waals surface area contributed by atoms with Crippen LogP contribution in [0.1, 0.15) is 12.3 Å². The molecule has 2 aromatic carbocycles. The summed E-state index contributed by atoms with van der Waals surface area (Å²) in [5.74, 6) is 3.19. The van der Waals surface area contributed by atoms with Gasteiger partial charge in [0.2, 0.25) is 11.7 Å². The third-order valence-electron chi connectivity index (χ3n) is 4.44. The zero-order valence-electron chi connectivity index (χ0n) is 16.9. The average molecular weight is 556 g/mol. The lowest BCUT2D eigenvalue weighted by Gasteiger charge is -2.13. The summed E-state index contributed by atoms with van der Waals surface area (Å²) in [5.41, 5.74) is 1.71. The monoisotopic (exact) mass is 555 g/mol. The third-order valence-corrected chi connectivity index (χ3v) is 4.69. The van der Waals surface area contributed by atoms with Crippen LogP contribution in [-0.2, 0) is 6.42 Å². The number of nitrogens with one attached hydrogen (secondary N) is 2. The third kappa shape index (κ3) is 6.23. The van der Waals surface area contributed by atoms with Crippen molar-refractivity contribution < 1.29 is 14.0 Å².